The summed E-state index contributed by atoms with van der Waals surface area (Å²) in [6.45, 7) is 0.910. The van der Waals surface area contributed by atoms with Crippen LogP contribution in [-0.2, 0) is 4.79 Å². The van der Waals surface area contributed by atoms with Gasteiger partial charge in [0.15, 0.2) is 5.78 Å². The predicted octanol–water partition coefficient (Wildman–Crippen LogP) is 1.69. The van der Waals surface area contributed by atoms with Gasteiger partial charge >= 0.3 is 0 Å². The van der Waals surface area contributed by atoms with E-state index in [1.165, 1.54) is 0 Å². The molecule has 0 aromatic heterocycles. The number of ether oxygens (including phenoxy) is 1. The van der Waals surface area contributed by atoms with E-state index in [2.05, 4.69) is 5.32 Å². The standard InChI is InChI=1S/C12H15NO2/c1-15-10-5-2-4-9(8-10)12-11(14)6-3-7-13-12/h2,4-5,8,12-13H,3,6-7H2,1H3. The Morgan fingerprint density at radius 3 is 3.07 bits per heavy atom. The van der Waals surface area contributed by atoms with Crippen LogP contribution in [0.1, 0.15) is 24.4 Å². The summed E-state index contributed by atoms with van der Waals surface area (Å²) in [6, 6.07) is 7.53. The van der Waals surface area contributed by atoms with Crippen molar-refractivity contribution in [2.24, 2.45) is 0 Å². The molecule has 1 aliphatic heterocycles. The lowest BCUT2D eigenvalue weighted by molar-refractivity contribution is -0.122. The van der Waals surface area contributed by atoms with Crippen molar-refractivity contribution in [1.82, 2.24) is 5.32 Å². The molecule has 1 fully saturated rings. The molecule has 1 aromatic carbocycles. The molecule has 1 aliphatic rings. The summed E-state index contributed by atoms with van der Waals surface area (Å²) in [5.74, 6) is 1.07. The van der Waals surface area contributed by atoms with E-state index >= 15 is 0 Å². The molecule has 1 aromatic rings. The smallest absolute Gasteiger partial charge is 0.154 e. The van der Waals surface area contributed by atoms with Crippen molar-refractivity contribution in [3.8, 4) is 5.75 Å². The fraction of sp³-hybridized carbons (Fsp3) is 0.417. The Morgan fingerprint density at radius 2 is 2.33 bits per heavy atom. The molecule has 1 heterocycles. The normalized spacial score (nSPS) is 21.4. The first-order valence-electron chi connectivity index (χ1n) is 5.21. The van der Waals surface area contributed by atoms with Crippen LogP contribution in [0.5, 0.6) is 5.75 Å². The highest BCUT2D eigenvalue weighted by molar-refractivity contribution is 5.86. The summed E-state index contributed by atoms with van der Waals surface area (Å²) in [7, 11) is 1.63. The molecule has 80 valence electrons. The number of rotatable bonds is 2. The monoisotopic (exact) mass is 205 g/mol. The zero-order valence-electron chi connectivity index (χ0n) is 8.82. The second kappa shape index (κ2) is 4.45. The van der Waals surface area contributed by atoms with E-state index in [0.717, 1.165) is 24.3 Å². The quantitative estimate of drug-likeness (QED) is 0.798. The van der Waals surface area contributed by atoms with E-state index in [9.17, 15) is 4.79 Å². The summed E-state index contributed by atoms with van der Waals surface area (Å²) in [5, 5.41) is 3.23. The molecule has 1 atom stereocenters. The number of benzene rings is 1. The summed E-state index contributed by atoms with van der Waals surface area (Å²) in [4.78, 5) is 11.7. The molecular weight excluding hydrogens is 190 g/mol. The highest BCUT2D eigenvalue weighted by Gasteiger charge is 2.23. The molecule has 3 heteroatoms. The number of Topliss-reactive ketones (excluding diaryl/α,β-unsaturated/α-hetero) is 1. The Morgan fingerprint density at radius 1 is 1.47 bits per heavy atom. The van der Waals surface area contributed by atoms with Gasteiger partial charge in [0.25, 0.3) is 0 Å². The van der Waals surface area contributed by atoms with E-state index in [0.29, 0.717) is 6.42 Å². The van der Waals surface area contributed by atoms with Gasteiger partial charge in [0.2, 0.25) is 0 Å². The van der Waals surface area contributed by atoms with Crippen LogP contribution in [0.2, 0.25) is 0 Å². The Hall–Kier alpha value is -1.35. The van der Waals surface area contributed by atoms with Gasteiger partial charge in [0.1, 0.15) is 5.75 Å². The second-order valence-electron chi connectivity index (χ2n) is 3.73. The summed E-state index contributed by atoms with van der Waals surface area (Å²) >= 11 is 0. The molecule has 0 amide bonds. The molecule has 0 radical (unpaired) electrons. The van der Waals surface area contributed by atoms with E-state index in [1.807, 2.05) is 24.3 Å². The lowest BCUT2D eigenvalue weighted by Crippen LogP contribution is -2.34. The van der Waals surface area contributed by atoms with Gasteiger partial charge in [-0.25, -0.2) is 0 Å². The van der Waals surface area contributed by atoms with E-state index < -0.39 is 0 Å². The Bertz CT molecular complexity index is 362. The van der Waals surface area contributed by atoms with E-state index in [1.54, 1.807) is 7.11 Å². The molecule has 1 saturated heterocycles. The number of nitrogens with one attached hydrogen (secondary N) is 1. The van der Waals surface area contributed by atoms with E-state index in [-0.39, 0.29) is 11.8 Å². The maximum Gasteiger partial charge on any atom is 0.154 e. The number of hydrogen-bond donors (Lipinski definition) is 1. The average Bonchev–Trinajstić information content (AvgIpc) is 2.30. The molecule has 0 aliphatic carbocycles. The fourth-order valence-electron chi connectivity index (χ4n) is 1.89. The molecule has 1 unspecified atom stereocenters. The van der Waals surface area contributed by atoms with Gasteiger partial charge in [-0.1, -0.05) is 12.1 Å². The minimum atomic E-state index is -0.145. The summed E-state index contributed by atoms with van der Waals surface area (Å²) in [6.07, 6.45) is 1.62. The number of methoxy groups -OCH3 is 1. The first-order valence-corrected chi connectivity index (χ1v) is 5.21. The van der Waals surface area contributed by atoms with Crippen molar-refractivity contribution in [1.29, 1.82) is 0 Å². The molecule has 0 saturated carbocycles. The van der Waals surface area contributed by atoms with Crippen molar-refractivity contribution in [2.75, 3.05) is 13.7 Å². The Kier molecular flexibility index (Phi) is 3.02. The highest BCUT2D eigenvalue weighted by atomic mass is 16.5. The van der Waals surface area contributed by atoms with Gasteiger partial charge in [0, 0.05) is 6.42 Å². The third kappa shape index (κ3) is 2.18. The van der Waals surface area contributed by atoms with Gasteiger partial charge in [0.05, 0.1) is 13.2 Å². The third-order valence-electron chi connectivity index (χ3n) is 2.70. The van der Waals surface area contributed by atoms with Crippen LogP contribution < -0.4 is 10.1 Å². The average molecular weight is 205 g/mol. The number of carbonyl (C=O) groups is 1. The van der Waals surface area contributed by atoms with Gasteiger partial charge in [-0.2, -0.15) is 0 Å². The second-order valence-corrected chi connectivity index (χ2v) is 3.73. The van der Waals surface area contributed by atoms with Crippen LogP contribution in [0.15, 0.2) is 24.3 Å². The lowest BCUT2D eigenvalue weighted by atomic mass is 9.96. The van der Waals surface area contributed by atoms with Gasteiger partial charge < -0.3 is 10.1 Å². The third-order valence-corrected chi connectivity index (χ3v) is 2.70. The fourth-order valence-corrected chi connectivity index (χ4v) is 1.89. The molecule has 0 bridgehead atoms. The molecule has 3 nitrogen and oxygen atoms in total. The van der Waals surface area contributed by atoms with Crippen LogP contribution in [0.25, 0.3) is 0 Å². The van der Waals surface area contributed by atoms with Crippen LogP contribution in [-0.4, -0.2) is 19.4 Å². The zero-order chi connectivity index (χ0) is 10.7. The largest absolute Gasteiger partial charge is 0.497 e. The summed E-state index contributed by atoms with van der Waals surface area (Å²) in [5.41, 5.74) is 0.999. The number of piperidine rings is 1. The minimum Gasteiger partial charge on any atom is -0.497 e. The number of hydrogen-bond acceptors (Lipinski definition) is 3. The topological polar surface area (TPSA) is 38.3 Å². The van der Waals surface area contributed by atoms with Crippen molar-refractivity contribution in [3.05, 3.63) is 29.8 Å². The zero-order valence-corrected chi connectivity index (χ0v) is 8.82. The van der Waals surface area contributed by atoms with Crippen molar-refractivity contribution in [2.45, 2.75) is 18.9 Å². The van der Waals surface area contributed by atoms with Crippen LogP contribution in [0.3, 0.4) is 0 Å². The van der Waals surface area contributed by atoms with Gasteiger partial charge in [-0.3, -0.25) is 4.79 Å². The van der Waals surface area contributed by atoms with Gasteiger partial charge in [-0.15, -0.1) is 0 Å². The molecular formula is C12H15NO2. The van der Waals surface area contributed by atoms with E-state index in [4.69, 9.17) is 4.74 Å². The molecule has 2 rings (SSSR count). The van der Waals surface area contributed by atoms with Crippen molar-refractivity contribution in [3.63, 3.8) is 0 Å². The molecule has 0 spiro atoms. The first kappa shape index (κ1) is 10.2. The maximum atomic E-state index is 11.7. The van der Waals surface area contributed by atoms with Crippen molar-refractivity contribution < 1.29 is 9.53 Å². The number of ketones is 1. The first-order chi connectivity index (χ1) is 7.31. The van der Waals surface area contributed by atoms with Crippen LogP contribution >= 0.6 is 0 Å². The Labute approximate surface area is 89.4 Å². The van der Waals surface area contributed by atoms with Crippen LogP contribution in [0.4, 0.5) is 0 Å². The van der Waals surface area contributed by atoms with Gasteiger partial charge in [-0.05, 0) is 30.7 Å². The van der Waals surface area contributed by atoms with Crippen molar-refractivity contribution >= 4 is 5.78 Å². The molecule has 15 heavy (non-hydrogen) atoms. The highest BCUT2D eigenvalue weighted by Crippen LogP contribution is 2.23. The predicted molar refractivity (Wildman–Crippen MR) is 58.0 cm³/mol. The number of carbonyl (C=O) groups excluding carboxylic acids is 1. The Balaban J connectivity index is 2.23. The lowest BCUT2D eigenvalue weighted by Gasteiger charge is -2.22. The van der Waals surface area contributed by atoms with Crippen LogP contribution in [0, 0.1) is 0 Å². The minimum absolute atomic E-state index is 0.145. The summed E-state index contributed by atoms with van der Waals surface area (Å²) < 4.78 is 5.14. The maximum absolute atomic E-state index is 11.7. The SMILES string of the molecule is COc1cccc(C2NCCCC2=O)c1. The molecule has 1 N–H and O–H groups in total.